The van der Waals surface area contributed by atoms with Crippen LogP contribution >= 0.6 is 0 Å². The Kier molecular flexibility index (Phi) is 5.22. The summed E-state index contributed by atoms with van der Waals surface area (Å²) in [5.41, 5.74) is 1.46. The molecule has 2 rings (SSSR count). The van der Waals surface area contributed by atoms with Crippen LogP contribution in [0.3, 0.4) is 0 Å². The zero-order valence-corrected chi connectivity index (χ0v) is 12.5. The summed E-state index contributed by atoms with van der Waals surface area (Å²) in [5, 5.41) is 3.77. The SMILES string of the molecule is CN1CCN(NC(=O)C(=O)Nc2cccc(C(F)(F)F)c2)CC1. The summed E-state index contributed by atoms with van der Waals surface area (Å²) in [5.74, 6) is -1.92. The predicted octanol–water partition coefficient (Wildman–Crippen LogP) is 0.922. The van der Waals surface area contributed by atoms with E-state index in [2.05, 4.69) is 15.6 Å². The minimum atomic E-state index is -4.51. The van der Waals surface area contributed by atoms with Gasteiger partial charge in [-0.05, 0) is 25.2 Å². The van der Waals surface area contributed by atoms with Crippen LogP contribution < -0.4 is 10.7 Å². The number of hydrogen-bond acceptors (Lipinski definition) is 4. The van der Waals surface area contributed by atoms with Crippen molar-refractivity contribution in [1.29, 1.82) is 0 Å². The largest absolute Gasteiger partial charge is 0.416 e. The van der Waals surface area contributed by atoms with Gasteiger partial charge in [-0.3, -0.25) is 15.0 Å². The third kappa shape index (κ3) is 4.93. The van der Waals surface area contributed by atoms with E-state index in [1.54, 1.807) is 5.01 Å². The van der Waals surface area contributed by atoms with E-state index in [4.69, 9.17) is 0 Å². The van der Waals surface area contributed by atoms with Crippen molar-refractivity contribution in [3.8, 4) is 0 Å². The van der Waals surface area contributed by atoms with Gasteiger partial charge in [-0.1, -0.05) is 6.07 Å². The van der Waals surface area contributed by atoms with Crippen LogP contribution in [0, 0.1) is 0 Å². The van der Waals surface area contributed by atoms with E-state index in [1.165, 1.54) is 6.07 Å². The molecule has 0 saturated carbocycles. The highest BCUT2D eigenvalue weighted by Gasteiger charge is 2.30. The third-order valence-electron chi connectivity index (χ3n) is 3.42. The molecule has 2 N–H and O–H groups in total. The number of amides is 2. The first kappa shape index (κ1) is 17.2. The van der Waals surface area contributed by atoms with Gasteiger partial charge in [0.15, 0.2) is 0 Å². The molecule has 1 aromatic rings. The Balaban J connectivity index is 1.92. The second-order valence-corrected chi connectivity index (χ2v) is 5.26. The van der Waals surface area contributed by atoms with E-state index in [1.807, 2.05) is 7.05 Å². The highest BCUT2D eigenvalue weighted by Crippen LogP contribution is 2.30. The van der Waals surface area contributed by atoms with Gasteiger partial charge < -0.3 is 10.2 Å². The molecule has 0 spiro atoms. The minimum Gasteiger partial charge on any atom is -0.318 e. The average molecular weight is 330 g/mol. The fraction of sp³-hybridized carbons (Fsp3) is 0.429. The van der Waals surface area contributed by atoms with E-state index in [9.17, 15) is 22.8 Å². The minimum absolute atomic E-state index is 0.0849. The molecule has 1 heterocycles. The van der Waals surface area contributed by atoms with Crippen LogP contribution in [0.1, 0.15) is 5.56 Å². The first-order valence-electron chi connectivity index (χ1n) is 6.98. The number of nitrogens with one attached hydrogen (secondary N) is 2. The predicted molar refractivity (Wildman–Crippen MR) is 77.3 cm³/mol. The Bertz CT molecular complexity index is 584. The van der Waals surface area contributed by atoms with E-state index in [-0.39, 0.29) is 5.69 Å². The number of carbonyl (C=O) groups is 2. The second kappa shape index (κ2) is 6.97. The van der Waals surface area contributed by atoms with Gasteiger partial charge >= 0.3 is 18.0 Å². The normalized spacial score (nSPS) is 16.9. The van der Waals surface area contributed by atoms with Crippen molar-refractivity contribution in [2.75, 3.05) is 38.5 Å². The molecule has 23 heavy (non-hydrogen) atoms. The third-order valence-corrected chi connectivity index (χ3v) is 3.42. The number of halogens is 3. The number of benzene rings is 1. The van der Waals surface area contributed by atoms with Crippen molar-refractivity contribution in [3.63, 3.8) is 0 Å². The maximum atomic E-state index is 12.6. The van der Waals surface area contributed by atoms with E-state index < -0.39 is 23.6 Å². The molecule has 0 bridgehead atoms. The fourth-order valence-corrected chi connectivity index (χ4v) is 2.07. The second-order valence-electron chi connectivity index (χ2n) is 5.26. The quantitative estimate of drug-likeness (QED) is 0.792. The number of piperazine rings is 1. The maximum Gasteiger partial charge on any atom is 0.416 e. The average Bonchev–Trinajstić information content (AvgIpc) is 2.49. The molecule has 0 aliphatic carbocycles. The summed E-state index contributed by atoms with van der Waals surface area (Å²) < 4.78 is 37.8. The number of hydrogen-bond donors (Lipinski definition) is 2. The summed E-state index contributed by atoms with van der Waals surface area (Å²) >= 11 is 0. The molecule has 1 aliphatic rings. The lowest BCUT2D eigenvalue weighted by molar-refractivity contribution is -0.139. The highest BCUT2D eigenvalue weighted by atomic mass is 19.4. The van der Waals surface area contributed by atoms with Gasteiger partial charge in [0.05, 0.1) is 5.56 Å². The van der Waals surface area contributed by atoms with Crippen LogP contribution in [0.2, 0.25) is 0 Å². The molecular weight excluding hydrogens is 313 g/mol. The molecule has 6 nitrogen and oxygen atoms in total. The molecule has 0 radical (unpaired) electrons. The summed E-state index contributed by atoms with van der Waals surface area (Å²) in [4.78, 5) is 25.6. The number of alkyl halides is 3. The zero-order chi connectivity index (χ0) is 17.0. The molecule has 126 valence electrons. The molecule has 1 aliphatic heterocycles. The molecule has 9 heteroatoms. The monoisotopic (exact) mass is 330 g/mol. The van der Waals surface area contributed by atoms with Gasteiger partial charge in [0, 0.05) is 31.9 Å². The van der Waals surface area contributed by atoms with Gasteiger partial charge in [0.25, 0.3) is 0 Å². The van der Waals surface area contributed by atoms with Crippen molar-refractivity contribution < 1.29 is 22.8 Å². The summed E-state index contributed by atoms with van der Waals surface area (Å²) in [6, 6.07) is 4.12. The van der Waals surface area contributed by atoms with Gasteiger partial charge in [-0.25, -0.2) is 5.01 Å². The van der Waals surface area contributed by atoms with E-state index >= 15 is 0 Å². The fourth-order valence-electron chi connectivity index (χ4n) is 2.07. The van der Waals surface area contributed by atoms with E-state index in [0.717, 1.165) is 31.3 Å². The smallest absolute Gasteiger partial charge is 0.318 e. The number of carbonyl (C=O) groups excluding carboxylic acids is 2. The Morgan fingerprint density at radius 2 is 1.74 bits per heavy atom. The van der Waals surface area contributed by atoms with Crippen LogP contribution in [0.4, 0.5) is 18.9 Å². The molecule has 0 atom stereocenters. The lowest BCUT2D eigenvalue weighted by atomic mass is 10.2. The van der Waals surface area contributed by atoms with Crippen LogP contribution in [0.5, 0.6) is 0 Å². The standard InChI is InChI=1S/C14H17F3N4O2/c1-20-5-7-21(8-6-20)19-13(23)12(22)18-11-4-2-3-10(9-11)14(15,16)17/h2-4,9H,5-8H2,1H3,(H,18,22)(H,19,23). The highest BCUT2D eigenvalue weighted by molar-refractivity contribution is 6.39. The lowest BCUT2D eigenvalue weighted by Gasteiger charge is -2.32. The van der Waals surface area contributed by atoms with Crippen molar-refractivity contribution in [2.45, 2.75) is 6.18 Å². The molecule has 1 fully saturated rings. The summed E-state index contributed by atoms with van der Waals surface area (Å²) in [6.45, 7) is 2.63. The first-order chi connectivity index (χ1) is 10.8. The van der Waals surface area contributed by atoms with Crippen LogP contribution in [0.15, 0.2) is 24.3 Å². The zero-order valence-electron chi connectivity index (χ0n) is 12.5. The van der Waals surface area contributed by atoms with Gasteiger partial charge in [0.2, 0.25) is 0 Å². The Morgan fingerprint density at radius 1 is 1.09 bits per heavy atom. The number of rotatable bonds is 2. The van der Waals surface area contributed by atoms with Gasteiger partial charge in [0.1, 0.15) is 0 Å². The summed E-state index contributed by atoms with van der Waals surface area (Å²) in [7, 11) is 1.94. The van der Waals surface area contributed by atoms with Crippen molar-refractivity contribution in [2.24, 2.45) is 0 Å². The van der Waals surface area contributed by atoms with Gasteiger partial charge in [-0.2, -0.15) is 13.2 Å². The van der Waals surface area contributed by atoms with Crippen molar-refractivity contribution >= 4 is 17.5 Å². The Morgan fingerprint density at radius 3 is 2.35 bits per heavy atom. The maximum absolute atomic E-state index is 12.6. The molecular formula is C14H17F3N4O2. The molecule has 0 unspecified atom stereocenters. The summed E-state index contributed by atoms with van der Waals surface area (Å²) in [6.07, 6.45) is -4.51. The molecule has 0 aromatic heterocycles. The van der Waals surface area contributed by atoms with Crippen molar-refractivity contribution in [1.82, 2.24) is 15.3 Å². The molecule has 1 saturated heterocycles. The number of hydrazine groups is 1. The lowest BCUT2D eigenvalue weighted by Crippen LogP contribution is -2.54. The number of anilines is 1. The van der Waals surface area contributed by atoms with Crippen LogP contribution in [-0.4, -0.2) is 54.9 Å². The molecule has 2 amide bonds. The van der Waals surface area contributed by atoms with Crippen LogP contribution in [-0.2, 0) is 15.8 Å². The number of nitrogens with zero attached hydrogens (tertiary/aromatic N) is 2. The topological polar surface area (TPSA) is 64.7 Å². The Labute approximate surface area is 131 Å². The van der Waals surface area contributed by atoms with E-state index in [0.29, 0.717) is 13.1 Å². The van der Waals surface area contributed by atoms with Gasteiger partial charge in [-0.15, -0.1) is 0 Å². The number of likely N-dealkylation sites (N-methyl/N-ethyl adjacent to an activating group) is 1. The first-order valence-corrected chi connectivity index (χ1v) is 6.98. The Hall–Kier alpha value is -2.13. The van der Waals surface area contributed by atoms with Crippen LogP contribution in [0.25, 0.3) is 0 Å². The van der Waals surface area contributed by atoms with Crippen molar-refractivity contribution in [3.05, 3.63) is 29.8 Å². The molecule has 1 aromatic carbocycles.